The highest BCUT2D eigenvalue weighted by atomic mass is 35.5. The Morgan fingerprint density at radius 2 is 1.94 bits per heavy atom. The Labute approximate surface area is 190 Å². The summed E-state index contributed by atoms with van der Waals surface area (Å²) in [6.07, 6.45) is 0.383. The van der Waals surface area contributed by atoms with E-state index >= 15 is 0 Å². The van der Waals surface area contributed by atoms with E-state index in [2.05, 4.69) is 4.72 Å². The lowest BCUT2D eigenvalue weighted by molar-refractivity contribution is -0.130. The second-order valence-electron chi connectivity index (χ2n) is 7.30. The summed E-state index contributed by atoms with van der Waals surface area (Å²) in [6.45, 7) is 2.60. The Morgan fingerprint density at radius 3 is 2.58 bits per heavy atom. The maximum atomic E-state index is 12.5. The van der Waals surface area contributed by atoms with Crippen LogP contribution in [0.15, 0.2) is 40.0 Å². The van der Waals surface area contributed by atoms with E-state index in [-0.39, 0.29) is 45.5 Å². The van der Waals surface area contributed by atoms with Gasteiger partial charge < -0.3 is 14.2 Å². The number of likely N-dealkylation sites (tertiary alicyclic amines) is 1. The number of ether oxygens (including phenoxy) is 1. The minimum Gasteiger partial charge on any atom is -0.488 e. The van der Waals surface area contributed by atoms with E-state index in [1.165, 1.54) is 22.8 Å². The number of benzene rings is 1. The van der Waals surface area contributed by atoms with Crippen LogP contribution in [0.5, 0.6) is 5.75 Å². The first-order chi connectivity index (χ1) is 14.6. The van der Waals surface area contributed by atoms with Crippen molar-refractivity contribution in [2.45, 2.75) is 30.8 Å². The number of nitrogens with zero attached hydrogens (tertiary/aromatic N) is 2. The van der Waals surface area contributed by atoms with Gasteiger partial charge in [-0.1, -0.05) is 29.3 Å². The van der Waals surface area contributed by atoms with Gasteiger partial charge in [-0.15, -0.1) is 0 Å². The number of hydrogen-bond acceptors (Lipinski definition) is 5. The van der Waals surface area contributed by atoms with E-state index in [0.29, 0.717) is 25.3 Å². The predicted octanol–water partition coefficient (Wildman–Crippen LogP) is 2.35. The number of amides is 1. The fraction of sp³-hybridized carbons (Fsp3) is 0.400. The summed E-state index contributed by atoms with van der Waals surface area (Å²) in [6, 6.07) is 7.61. The lowest BCUT2D eigenvalue weighted by Gasteiger charge is -2.18. The Balaban J connectivity index is 1.52. The van der Waals surface area contributed by atoms with Crippen molar-refractivity contribution < 1.29 is 17.9 Å². The standard InChI is InChI=1S/C20H23Cl2N3O5S/c1-13-10-15(11-19(27)24(13)2)30-14-7-9-25(12-14)18(26)6-8-23-31(28,29)20-16(21)4-3-5-17(20)22/h3-5,10-11,14,23H,6-9,12H2,1-2H3. The summed E-state index contributed by atoms with van der Waals surface area (Å²) >= 11 is 11.9. The molecule has 168 valence electrons. The van der Waals surface area contributed by atoms with Gasteiger partial charge in [0, 0.05) is 44.7 Å². The highest BCUT2D eigenvalue weighted by Crippen LogP contribution is 2.28. The second kappa shape index (κ2) is 9.60. The average Bonchev–Trinajstić information content (AvgIpc) is 3.14. The first-order valence-corrected chi connectivity index (χ1v) is 11.9. The van der Waals surface area contributed by atoms with Crippen molar-refractivity contribution in [1.82, 2.24) is 14.2 Å². The molecule has 3 rings (SSSR count). The zero-order valence-electron chi connectivity index (χ0n) is 17.1. The van der Waals surface area contributed by atoms with Crippen LogP contribution < -0.4 is 15.0 Å². The molecule has 11 heteroatoms. The fourth-order valence-electron chi connectivity index (χ4n) is 3.31. The van der Waals surface area contributed by atoms with Crippen LogP contribution in [0.2, 0.25) is 10.0 Å². The van der Waals surface area contributed by atoms with Gasteiger partial charge in [-0.2, -0.15) is 0 Å². The van der Waals surface area contributed by atoms with Gasteiger partial charge in [0.1, 0.15) is 16.7 Å². The van der Waals surface area contributed by atoms with Crippen molar-refractivity contribution >= 4 is 39.1 Å². The second-order valence-corrected chi connectivity index (χ2v) is 9.81. The molecule has 1 unspecified atom stereocenters. The fourth-order valence-corrected chi connectivity index (χ4v) is 5.48. The smallest absolute Gasteiger partial charge is 0.254 e. The first kappa shape index (κ1) is 23.6. The van der Waals surface area contributed by atoms with Crippen LogP contribution in [0, 0.1) is 6.92 Å². The van der Waals surface area contributed by atoms with Crippen molar-refractivity contribution in [1.29, 1.82) is 0 Å². The number of pyridine rings is 1. The molecule has 31 heavy (non-hydrogen) atoms. The third kappa shape index (κ3) is 5.60. The van der Waals surface area contributed by atoms with Gasteiger partial charge in [0.2, 0.25) is 15.9 Å². The third-order valence-electron chi connectivity index (χ3n) is 5.10. The van der Waals surface area contributed by atoms with E-state index < -0.39 is 10.0 Å². The van der Waals surface area contributed by atoms with Gasteiger partial charge >= 0.3 is 0 Å². The summed E-state index contributed by atoms with van der Waals surface area (Å²) < 4.78 is 34.7. The van der Waals surface area contributed by atoms with E-state index in [1.54, 1.807) is 24.1 Å². The van der Waals surface area contributed by atoms with Crippen LogP contribution in [-0.2, 0) is 21.9 Å². The molecule has 1 fully saturated rings. The van der Waals surface area contributed by atoms with Crippen LogP contribution in [0.1, 0.15) is 18.5 Å². The van der Waals surface area contributed by atoms with E-state index in [4.69, 9.17) is 27.9 Å². The molecule has 0 saturated carbocycles. The number of carbonyl (C=O) groups is 1. The molecule has 1 amide bonds. The summed E-state index contributed by atoms with van der Waals surface area (Å²) in [5.41, 5.74) is 0.617. The van der Waals surface area contributed by atoms with Crippen molar-refractivity contribution in [2.75, 3.05) is 19.6 Å². The molecule has 1 N–H and O–H groups in total. The molecular formula is C20H23Cl2N3O5S. The van der Waals surface area contributed by atoms with Crippen LogP contribution in [0.3, 0.4) is 0 Å². The normalized spacial score (nSPS) is 16.5. The van der Waals surface area contributed by atoms with E-state index in [0.717, 1.165) is 5.69 Å². The highest BCUT2D eigenvalue weighted by Gasteiger charge is 2.28. The van der Waals surface area contributed by atoms with E-state index in [9.17, 15) is 18.0 Å². The highest BCUT2D eigenvalue weighted by molar-refractivity contribution is 7.89. The van der Waals surface area contributed by atoms with E-state index in [1.807, 2.05) is 6.92 Å². The van der Waals surface area contributed by atoms with Crippen molar-refractivity contribution in [2.24, 2.45) is 7.05 Å². The molecule has 0 spiro atoms. The number of rotatable bonds is 7. The number of carbonyl (C=O) groups excluding carboxylic acids is 1. The van der Waals surface area contributed by atoms with Gasteiger partial charge in [0.05, 0.1) is 16.6 Å². The average molecular weight is 488 g/mol. The Bertz CT molecular complexity index is 1130. The molecule has 1 aliphatic rings. The van der Waals surface area contributed by atoms with Crippen LogP contribution in [0.4, 0.5) is 0 Å². The molecule has 1 aromatic carbocycles. The minimum absolute atomic E-state index is 0.0110. The predicted molar refractivity (Wildman–Crippen MR) is 118 cm³/mol. The summed E-state index contributed by atoms with van der Waals surface area (Å²) in [4.78, 5) is 25.8. The van der Waals surface area contributed by atoms with Gasteiger partial charge in [0.25, 0.3) is 5.56 Å². The monoisotopic (exact) mass is 487 g/mol. The molecule has 2 aromatic rings. The molecule has 1 aromatic heterocycles. The van der Waals surface area contributed by atoms with Crippen molar-refractivity contribution in [3.63, 3.8) is 0 Å². The van der Waals surface area contributed by atoms with Gasteiger partial charge in [-0.25, -0.2) is 13.1 Å². The SMILES string of the molecule is Cc1cc(OC2CCN(C(=O)CCNS(=O)(=O)c3c(Cl)cccc3Cl)C2)cc(=O)n1C. The number of halogens is 2. The lowest BCUT2D eigenvalue weighted by Crippen LogP contribution is -2.34. The van der Waals surface area contributed by atoms with Crippen LogP contribution >= 0.6 is 23.2 Å². The minimum atomic E-state index is -3.94. The molecule has 1 saturated heterocycles. The molecule has 1 aliphatic heterocycles. The summed E-state index contributed by atoms with van der Waals surface area (Å²) in [5, 5.41) is 0.0219. The number of hydrogen-bond donors (Lipinski definition) is 1. The summed E-state index contributed by atoms with van der Waals surface area (Å²) in [7, 11) is -2.26. The van der Waals surface area contributed by atoms with Gasteiger partial charge in [0.15, 0.2) is 0 Å². The van der Waals surface area contributed by atoms with Crippen LogP contribution in [0.25, 0.3) is 0 Å². The Morgan fingerprint density at radius 1 is 1.26 bits per heavy atom. The van der Waals surface area contributed by atoms with Gasteiger partial charge in [-0.3, -0.25) is 9.59 Å². The molecule has 0 aliphatic carbocycles. The number of aromatic nitrogens is 1. The maximum absolute atomic E-state index is 12.5. The largest absolute Gasteiger partial charge is 0.488 e. The molecule has 0 bridgehead atoms. The zero-order valence-corrected chi connectivity index (χ0v) is 19.4. The Kier molecular flexibility index (Phi) is 7.31. The van der Waals surface area contributed by atoms with Crippen molar-refractivity contribution in [3.8, 4) is 5.75 Å². The molecule has 2 heterocycles. The quantitative estimate of drug-likeness (QED) is 0.646. The molecule has 1 atom stereocenters. The zero-order chi connectivity index (χ0) is 22.8. The molecule has 8 nitrogen and oxygen atoms in total. The van der Waals surface area contributed by atoms with Crippen molar-refractivity contribution in [3.05, 3.63) is 56.4 Å². The lowest BCUT2D eigenvalue weighted by atomic mass is 10.3. The molecular weight excluding hydrogens is 465 g/mol. The number of nitrogens with one attached hydrogen (secondary N) is 1. The van der Waals surface area contributed by atoms with Crippen LogP contribution in [-0.4, -0.2) is 49.5 Å². The third-order valence-corrected chi connectivity index (χ3v) is 7.51. The Hall–Kier alpha value is -2.07. The first-order valence-electron chi connectivity index (χ1n) is 9.64. The molecule has 0 radical (unpaired) electrons. The number of aryl methyl sites for hydroxylation is 1. The van der Waals surface area contributed by atoms with Gasteiger partial charge in [-0.05, 0) is 25.1 Å². The topological polar surface area (TPSA) is 97.7 Å². The summed E-state index contributed by atoms with van der Waals surface area (Å²) in [5.74, 6) is 0.281. The number of sulfonamides is 1. The maximum Gasteiger partial charge on any atom is 0.254 e.